The van der Waals surface area contributed by atoms with Gasteiger partial charge in [-0.05, 0) is 42.2 Å². The third-order valence-electron chi connectivity index (χ3n) is 4.70. The molecule has 0 radical (unpaired) electrons. The van der Waals surface area contributed by atoms with E-state index >= 15 is 0 Å². The second-order valence-corrected chi connectivity index (χ2v) is 7.12. The summed E-state index contributed by atoms with van der Waals surface area (Å²) in [5.41, 5.74) is 2.49. The number of aliphatic imine (C=N–C) groups is 1. The summed E-state index contributed by atoms with van der Waals surface area (Å²) in [6, 6.07) is 13.5. The average molecular weight is 557 g/mol. The summed E-state index contributed by atoms with van der Waals surface area (Å²) >= 11 is 0. The lowest BCUT2D eigenvalue weighted by molar-refractivity contribution is -0.137. The Balaban J connectivity index is 0.00000363. The smallest absolute Gasteiger partial charge is 0.357 e. The van der Waals surface area contributed by atoms with Crippen molar-refractivity contribution in [2.45, 2.75) is 32.6 Å². The normalized spacial score (nSPS) is 11.7. The molecule has 0 unspecified atom stereocenters. The first-order chi connectivity index (χ1) is 14.9. The Morgan fingerprint density at radius 2 is 1.62 bits per heavy atom. The first-order valence-corrected chi connectivity index (χ1v) is 10.2. The minimum atomic E-state index is -4.31. The van der Waals surface area contributed by atoms with E-state index in [1.165, 1.54) is 17.7 Å². The predicted octanol–water partition coefficient (Wildman–Crippen LogP) is 4.87. The molecule has 1 heterocycles. The van der Waals surface area contributed by atoms with E-state index in [1.54, 1.807) is 12.5 Å². The summed E-state index contributed by atoms with van der Waals surface area (Å²) in [4.78, 5) is 8.64. The van der Waals surface area contributed by atoms with Gasteiger partial charge in [-0.2, -0.15) is 13.2 Å². The van der Waals surface area contributed by atoms with Gasteiger partial charge in [0.05, 0.1) is 18.4 Å². The Labute approximate surface area is 203 Å². The van der Waals surface area contributed by atoms with Crippen LogP contribution in [0.15, 0.2) is 72.2 Å². The van der Waals surface area contributed by atoms with E-state index in [1.807, 2.05) is 17.7 Å². The third kappa shape index (κ3) is 8.18. The van der Waals surface area contributed by atoms with Gasteiger partial charge in [-0.3, -0.25) is 0 Å². The van der Waals surface area contributed by atoms with E-state index in [0.717, 1.165) is 36.3 Å². The molecule has 2 N–H and O–H groups in total. The molecule has 0 saturated carbocycles. The number of nitrogens with one attached hydrogen (secondary N) is 2. The SMILES string of the molecule is CCNC(=NCc1ccc(Cn2ccnc2)cc1)NCCc1ccc(C(F)(F)F)cc1.I. The largest absolute Gasteiger partial charge is 0.416 e. The van der Waals surface area contributed by atoms with Gasteiger partial charge in [0, 0.05) is 32.0 Å². The maximum Gasteiger partial charge on any atom is 0.416 e. The summed E-state index contributed by atoms with van der Waals surface area (Å²) in [5.74, 6) is 0.678. The fraction of sp³-hybridized carbons (Fsp3) is 0.304. The number of rotatable bonds is 8. The highest BCUT2D eigenvalue weighted by Crippen LogP contribution is 2.29. The van der Waals surface area contributed by atoms with Crippen LogP contribution in [0.4, 0.5) is 13.2 Å². The van der Waals surface area contributed by atoms with Crippen molar-refractivity contribution >= 4 is 29.9 Å². The van der Waals surface area contributed by atoms with Gasteiger partial charge in [0.1, 0.15) is 0 Å². The van der Waals surface area contributed by atoms with Crippen LogP contribution in [0.5, 0.6) is 0 Å². The Morgan fingerprint density at radius 1 is 0.969 bits per heavy atom. The molecule has 32 heavy (non-hydrogen) atoms. The molecule has 0 amide bonds. The molecule has 2 aromatic carbocycles. The number of halogens is 4. The molecule has 0 saturated heterocycles. The van der Waals surface area contributed by atoms with Crippen molar-refractivity contribution in [3.05, 3.63) is 89.5 Å². The molecular formula is C23H27F3IN5. The van der Waals surface area contributed by atoms with E-state index in [9.17, 15) is 13.2 Å². The van der Waals surface area contributed by atoms with E-state index in [2.05, 4.69) is 44.9 Å². The van der Waals surface area contributed by atoms with Crippen molar-refractivity contribution in [2.24, 2.45) is 4.99 Å². The standard InChI is InChI=1S/C23H26F3N5.HI/c1-2-28-22(29-12-11-18-7-9-21(10-8-18)23(24,25)26)30-15-19-3-5-20(6-4-19)16-31-14-13-27-17-31;/h3-10,13-14,17H,2,11-12,15-16H2,1H3,(H2,28,29,30);1H. The van der Waals surface area contributed by atoms with Crippen LogP contribution in [-0.2, 0) is 25.7 Å². The molecule has 172 valence electrons. The Kier molecular flexibility index (Phi) is 10.0. The fourth-order valence-corrected chi connectivity index (χ4v) is 3.04. The molecule has 0 fully saturated rings. The van der Waals surface area contributed by atoms with Crippen LogP contribution in [-0.4, -0.2) is 28.6 Å². The number of aromatic nitrogens is 2. The molecule has 3 rings (SSSR count). The first kappa shape index (κ1) is 25.7. The zero-order valence-corrected chi connectivity index (χ0v) is 20.1. The number of alkyl halides is 3. The maximum atomic E-state index is 12.7. The van der Waals surface area contributed by atoms with E-state index in [0.29, 0.717) is 25.5 Å². The molecule has 0 atom stereocenters. The number of guanidine groups is 1. The van der Waals surface area contributed by atoms with Gasteiger partial charge in [-0.25, -0.2) is 9.98 Å². The van der Waals surface area contributed by atoms with Crippen LogP contribution in [0, 0.1) is 0 Å². The van der Waals surface area contributed by atoms with E-state index < -0.39 is 11.7 Å². The van der Waals surface area contributed by atoms with Gasteiger partial charge in [0.15, 0.2) is 5.96 Å². The van der Waals surface area contributed by atoms with Crippen molar-refractivity contribution in [3.8, 4) is 0 Å². The lowest BCUT2D eigenvalue weighted by atomic mass is 10.1. The summed E-state index contributed by atoms with van der Waals surface area (Å²) in [5, 5.41) is 6.42. The van der Waals surface area contributed by atoms with Gasteiger partial charge in [-0.1, -0.05) is 36.4 Å². The van der Waals surface area contributed by atoms with Crippen molar-refractivity contribution in [2.75, 3.05) is 13.1 Å². The summed E-state index contributed by atoms with van der Waals surface area (Å²) in [6.45, 7) is 4.58. The van der Waals surface area contributed by atoms with E-state index in [-0.39, 0.29) is 24.0 Å². The number of benzene rings is 2. The second kappa shape index (κ2) is 12.5. The quantitative estimate of drug-likeness (QED) is 0.236. The lowest BCUT2D eigenvalue weighted by Gasteiger charge is -2.12. The van der Waals surface area contributed by atoms with Crippen LogP contribution in [0.2, 0.25) is 0 Å². The minimum Gasteiger partial charge on any atom is -0.357 e. The Hall–Kier alpha value is -2.56. The highest BCUT2D eigenvalue weighted by atomic mass is 127. The number of imidazole rings is 1. The van der Waals surface area contributed by atoms with Crippen LogP contribution in [0.25, 0.3) is 0 Å². The van der Waals surface area contributed by atoms with Crippen molar-refractivity contribution in [1.82, 2.24) is 20.2 Å². The van der Waals surface area contributed by atoms with Crippen molar-refractivity contribution in [3.63, 3.8) is 0 Å². The van der Waals surface area contributed by atoms with Gasteiger partial charge in [0.2, 0.25) is 0 Å². The van der Waals surface area contributed by atoms with Gasteiger partial charge in [0.25, 0.3) is 0 Å². The highest BCUT2D eigenvalue weighted by molar-refractivity contribution is 14.0. The lowest BCUT2D eigenvalue weighted by Crippen LogP contribution is -2.38. The van der Waals surface area contributed by atoms with Crippen LogP contribution < -0.4 is 10.6 Å². The van der Waals surface area contributed by atoms with Gasteiger partial charge in [-0.15, -0.1) is 24.0 Å². The molecule has 0 aliphatic heterocycles. The maximum absolute atomic E-state index is 12.7. The molecule has 9 heteroatoms. The van der Waals surface area contributed by atoms with Crippen LogP contribution in [0.3, 0.4) is 0 Å². The number of nitrogens with zero attached hydrogens (tertiary/aromatic N) is 3. The zero-order valence-electron chi connectivity index (χ0n) is 17.8. The molecule has 0 bridgehead atoms. The van der Waals surface area contributed by atoms with Crippen LogP contribution >= 0.6 is 24.0 Å². The van der Waals surface area contributed by atoms with Gasteiger partial charge < -0.3 is 15.2 Å². The number of hydrogen-bond acceptors (Lipinski definition) is 2. The molecule has 0 aliphatic carbocycles. The average Bonchev–Trinajstić information content (AvgIpc) is 3.26. The third-order valence-corrected chi connectivity index (χ3v) is 4.70. The second-order valence-electron chi connectivity index (χ2n) is 7.12. The molecule has 5 nitrogen and oxygen atoms in total. The van der Waals surface area contributed by atoms with Crippen LogP contribution in [0.1, 0.15) is 29.2 Å². The zero-order chi connectivity index (χ0) is 22.1. The number of hydrogen-bond donors (Lipinski definition) is 2. The first-order valence-electron chi connectivity index (χ1n) is 10.2. The Morgan fingerprint density at radius 3 is 2.22 bits per heavy atom. The Bertz CT molecular complexity index is 953. The summed E-state index contributed by atoms with van der Waals surface area (Å²) in [6.07, 6.45) is 1.77. The molecular weight excluding hydrogens is 530 g/mol. The summed E-state index contributed by atoms with van der Waals surface area (Å²) in [7, 11) is 0. The van der Waals surface area contributed by atoms with Crippen molar-refractivity contribution < 1.29 is 13.2 Å². The minimum absolute atomic E-state index is 0. The molecule has 0 spiro atoms. The molecule has 3 aromatic rings. The molecule has 0 aliphatic rings. The van der Waals surface area contributed by atoms with Crippen molar-refractivity contribution in [1.29, 1.82) is 0 Å². The monoisotopic (exact) mass is 557 g/mol. The molecule has 1 aromatic heterocycles. The van der Waals surface area contributed by atoms with Gasteiger partial charge >= 0.3 is 6.18 Å². The van der Waals surface area contributed by atoms with E-state index in [4.69, 9.17) is 0 Å². The predicted molar refractivity (Wildman–Crippen MR) is 131 cm³/mol. The topological polar surface area (TPSA) is 54.2 Å². The summed E-state index contributed by atoms with van der Waals surface area (Å²) < 4.78 is 40.0. The highest BCUT2D eigenvalue weighted by Gasteiger charge is 2.29. The fourth-order valence-electron chi connectivity index (χ4n) is 3.04.